The Kier molecular flexibility index (Phi) is 9.09. The van der Waals surface area contributed by atoms with Crippen LogP contribution in [0.3, 0.4) is 0 Å². The quantitative estimate of drug-likeness (QED) is 0.362. The molecule has 1 aliphatic rings. The molecule has 0 heterocycles. The van der Waals surface area contributed by atoms with E-state index in [1.54, 1.807) is 0 Å². The van der Waals surface area contributed by atoms with E-state index in [9.17, 15) is 9.59 Å². The second-order valence-corrected chi connectivity index (χ2v) is 7.84. The Morgan fingerprint density at radius 3 is 2.17 bits per heavy atom. The Balaban J connectivity index is 2.20. The van der Waals surface area contributed by atoms with Crippen molar-refractivity contribution in [3.63, 3.8) is 0 Å². The van der Waals surface area contributed by atoms with Gasteiger partial charge in [-0.3, -0.25) is 0 Å². The summed E-state index contributed by atoms with van der Waals surface area (Å²) >= 11 is 0. The molecule has 0 N–H and O–H groups in total. The average molecular weight is 338 g/mol. The van der Waals surface area contributed by atoms with Gasteiger partial charge in [-0.1, -0.05) is 47.0 Å². The van der Waals surface area contributed by atoms with Gasteiger partial charge in [0.2, 0.25) is 0 Å². The Labute approximate surface area is 147 Å². The molecule has 1 fully saturated rings. The number of unbranched alkanes of at least 4 members (excludes halogenated alkanes) is 3. The maximum absolute atomic E-state index is 11.8. The minimum absolute atomic E-state index is 0.0224. The summed E-state index contributed by atoms with van der Waals surface area (Å²) in [6.07, 6.45) is 10.6. The van der Waals surface area contributed by atoms with E-state index in [0.29, 0.717) is 17.9 Å². The lowest BCUT2D eigenvalue weighted by Crippen LogP contribution is -2.30. The zero-order chi connectivity index (χ0) is 18.0. The van der Waals surface area contributed by atoms with Crippen LogP contribution in [-0.4, -0.2) is 24.6 Å². The Bertz CT molecular complexity index is 412. The lowest BCUT2D eigenvalue weighted by atomic mass is 9.72. The third kappa shape index (κ3) is 8.51. The molecule has 138 valence electrons. The molecule has 0 bridgehead atoms. The lowest BCUT2D eigenvalue weighted by molar-refractivity contribution is -0.146. The predicted molar refractivity (Wildman–Crippen MR) is 95.5 cm³/mol. The largest absolute Gasteiger partial charge is 0.463 e. The van der Waals surface area contributed by atoms with E-state index in [1.165, 1.54) is 12.2 Å². The Hall–Kier alpha value is -1.32. The van der Waals surface area contributed by atoms with Gasteiger partial charge in [-0.05, 0) is 43.4 Å². The van der Waals surface area contributed by atoms with Gasteiger partial charge in [0.15, 0.2) is 0 Å². The third-order valence-electron chi connectivity index (χ3n) is 4.78. The van der Waals surface area contributed by atoms with Gasteiger partial charge in [-0.25, -0.2) is 9.59 Å². The average Bonchev–Trinajstić information content (AvgIpc) is 2.52. The zero-order valence-corrected chi connectivity index (χ0v) is 15.8. The minimum Gasteiger partial charge on any atom is -0.463 e. The standard InChI is InChI=1S/C20H34O4/c1-5-6-7-8-15-23-18(21)13-14-19(22)24-17-11-9-16(10-12-17)20(2,3)4/h13-14,16-17H,5-12,15H2,1-4H3/b14-13+. The first-order chi connectivity index (χ1) is 11.3. The van der Waals surface area contributed by atoms with Gasteiger partial charge >= 0.3 is 11.9 Å². The second-order valence-electron chi connectivity index (χ2n) is 7.84. The van der Waals surface area contributed by atoms with Crippen LogP contribution < -0.4 is 0 Å². The number of esters is 2. The van der Waals surface area contributed by atoms with Crippen molar-refractivity contribution in [2.24, 2.45) is 11.3 Å². The van der Waals surface area contributed by atoms with E-state index in [2.05, 4.69) is 27.7 Å². The van der Waals surface area contributed by atoms with Crippen LogP contribution in [0.25, 0.3) is 0 Å². The van der Waals surface area contributed by atoms with Gasteiger partial charge in [0.1, 0.15) is 6.10 Å². The molecule has 1 saturated carbocycles. The summed E-state index contributed by atoms with van der Waals surface area (Å²) in [6.45, 7) is 9.34. The molecule has 0 radical (unpaired) electrons. The van der Waals surface area contributed by atoms with Crippen molar-refractivity contribution in [3.05, 3.63) is 12.2 Å². The van der Waals surface area contributed by atoms with Crippen molar-refractivity contribution >= 4 is 11.9 Å². The van der Waals surface area contributed by atoms with E-state index >= 15 is 0 Å². The molecule has 4 heteroatoms. The molecule has 0 aromatic carbocycles. The number of hydrogen-bond donors (Lipinski definition) is 0. The molecule has 0 saturated heterocycles. The van der Waals surface area contributed by atoms with Crippen LogP contribution >= 0.6 is 0 Å². The summed E-state index contributed by atoms with van der Waals surface area (Å²) in [5, 5.41) is 0. The molecule has 0 atom stereocenters. The van der Waals surface area contributed by atoms with Crippen LogP contribution in [0.5, 0.6) is 0 Å². The topological polar surface area (TPSA) is 52.6 Å². The maximum atomic E-state index is 11.8. The van der Waals surface area contributed by atoms with Crippen LogP contribution in [0.15, 0.2) is 12.2 Å². The summed E-state index contributed by atoms with van der Waals surface area (Å²) in [5.41, 5.74) is 0.315. The molecule has 0 unspecified atom stereocenters. The highest BCUT2D eigenvalue weighted by molar-refractivity contribution is 5.91. The fraction of sp³-hybridized carbons (Fsp3) is 0.800. The van der Waals surface area contributed by atoms with Crippen LogP contribution in [0.1, 0.15) is 79.1 Å². The van der Waals surface area contributed by atoms with Crippen LogP contribution in [0.2, 0.25) is 0 Å². The van der Waals surface area contributed by atoms with Crippen LogP contribution in [0.4, 0.5) is 0 Å². The summed E-state index contributed by atoms with van der Waals surface area (Å²) in [7, 11) is 0. The van der Waals surface area contributed by atoms with Crippen molar-refractivity contribution < 1.29 is 19.1 Å². The second kappa shape index (κ2) is 10.5. The smallest absolute Gasteiger partial charge is 0.331 e. The van der Waals surface area contributed by atoms with Crippen molar-refractivity contribution in [1.82, 2.24) is 0 Å². The first kappa shape index (κ1) is 20.7. The molecule has 0 aromatic rings. The number of rotatable bonds is 8. The number of hydrogen-bond acceptors (Lipinski definition) is 4. The molecule has 0 aliphatic heterocycles. The lowest BCUT2D eigenvalue weighted by Gasteiger charge is -2.36. The van der Waals surface area contributed by atoms with E-state index in [-0.39, 0.29) is 6.10 Å². The summed E-state index contributed by atoms with van der Waals surface area (Å²) in [5.74, 6) is -0.234. The number of carbonyl (C=O) groups is 2. The van der Waals surface area contributed by atoms with Crippen molar-refractivity contribution in [3.8, 4) is 0 Å². The minimum atomic E-state index is -0.472. The highest BCUT2D eigenvalue weighted by atomic mass is 16.5. The number of ether oxygens (including phenoxy) is 2. The van der Waals surface area contributed by atoms with Crippen molar-refractivity contribution in [1.29, 1.82) is 0 Å². The molecular formula is C20H34O4. The molecule has 4 nitrogen and oxygen atoms in total. The summed E-state index contributed by atoms with van der Waals surface area (Å²) in [4.78, 5) is 23.3. The Morgan fingerprint density at radius 2 is 1.58 bits per heavy atom. The molecule has 1 rings (SSSR count). The fourth-order valence-corrected chi connectivity index (χ4v) is 3.14. The normalized spacial score (nSPS) is 21.7. The van der Waals surface area contributed by atoms with Crippen LogP contribution in [-0.2, 0) is 19.1 Å². The molecule has 0 spiro atoms. The van der Waals surface area contributed by atoms with Gasteiger partial charge in [0.05, 0.1) is 6.61 Å². The predicted octanol–water partition coefficient (Wildman–Crippen LogP) is 4.81. The SMILES string of the molecule is CCCCCCOC(=O)/C=C/C(=O)OC1CCC(C(C)(C)C)CC1. The first-order valence-electron chi connectivity index (χ1n) is 9.38. The highest BCUT2D eigenvalue weighted by Gasteiger charge is 2.30. The molecule has 0 aromatic heterocycles. The summed E-state index contributed by atoms with van der Waals surface area (Å²) in [6, 6.07) is 0. The van der Waals surface area contributed by atoms with Gasteiger partial charge in [0.25, 0.3) is 0 Å². The van der Waals surface area contributed by atoms with Crippen molar-refractivity contribution in [2.45, 2.75) is 85.2 Å². The fourth-order valence-electron chi connectivity index (χ4n) is 3.14. The van der Waals surface area contributed by atoms with Gasteiger partial charge in [-0.2, -0.15) is 0 Å². The van der Waals surface area contributed by atoms with Gasteiger partial charge in [-0.15, -0.1) is 0 Å². The van der Waals surface area contributed by atoms with Crippen LogP contribution in [0, 0.1) is 11.3 Å². The molecule has 1 aliphatic carbocycles. The molecule has 0 amide bonds. The first-order valence-corrected chi connectivity index (χ1v) is 9.38. The van der Waals surface area contributed by atoms with Crippen molar-refractivity contribution in [2.75, 3.05) is 6.61 Å². The molecular weight excluding hydrogens is 304 g/mol. The Morgan fingerprint density at radius 1 is 0.958 bits per heavy atom. The summed E-state index contributed by atoms with van der Waals surface area (Å²) < 4.78 is 10.5. The highest BCUT2D eigenvalue weighted by Crippen LogP contribution is 2.38. The van der Waals surface area contributed by atoms with Gasteiger partial charge in [0, 0.05) is 12.2 Å². The van der Waals surface area contributed by atoms with E-state index in [4.69, 9.17) is 9.47 Å². The van der Waals surface area contributed by atoms with E-state index in [1.807, 2.05) is 0 Å². The molecule has 24 heavy (non-hydrogen) atoms. The zero-order valence-electron chi connectivity index (χ0n) is 15.8. The van der Waals surface area contributed by atoms with Gasteiger partial charge < -0.3 is 9.47 Å². The monoisotopic (exact) mass is 338 g/mol. The van der Waals surface area contributed by atoms with E-state index < -0.39 is 11.9 Å². The number of carbonyl (C=O) groups excluding carboxylic acids is 2. The maximum Gasteiger partial charge on any atom is 0.331 e. The van der Waals surface area contributed by atoms with E-state index in [0.717, 1.165) is 51.4 Å². The third-order valence-corrected chi connectivity index (χ3v) is 4.78.